The fraction of sp³-hybridized carbons (Fsp3) is 0.688. The maximum absolute atomic E-state index is 4.61. The van der Waals surface area contributed by atoms with Crippen LogP contribution in [0.4, 0.5) is 5.82 Å². The van der Waals surface area contributed by atoms with E-state index in [9.17, 15) is 0 Å². The van der Waals surface area contributed by atoms with E-state index in [2.05, 4.69) is 47.1 Å². The third-order valence-electron chi connectivity index (χ3n) is 4.47. The van der Waals surface area contributed by atoms with Gasteiger partial charge in [-0.2, -0.15) is 0 Å². The van der Waals surface area contributed by atoms with E-state index in [0.29, 0.717) is 12.1 Å². The van der Waals surface area contributed by atoms with Crippen molar-refractivity contribution in [3.05, 3.63) is 23.9 Å². The van der Waals surface area contributed by atoms with Crippen LogP contribution in [0, 0.1) is 0 Å². The first-order valence-corrected chi connectivity index (χ1v) is 7.74. The molecule has 0 radical (unpaired) electrons. The van der Waals surface area contributed by atoms with E-state index in [-0.39, 0.29) is 0 Å². The third kappa shape index (κ3) is 3.30. The summed E-state index contributed by atoms with van der Waals surface area (Å²) in [7, 11) is 4.16. The molecule has 0 aromatic carbocycles. The molecule has 4 nitrogen and oxygen atoms in total. The average Bonchev–Trinajstić information content (AvgIpc) is 2.93. The summed E-state index contributed by atoms with van der Waals surface area (Å²) >= 11 is 0. The van der Waals surface area contributed by atoms with E-state index in [1.54, 1.807) is 0 Å². The van der Waals surface area contributed by atoms with Crippen molar-refractivity contribution in [2.45, 2.75) is 38.8 Å². The normalized spacial score (nSPS) is 21.1. The first-order chi connectivity index (χ1) is 9.67. The lowest BCUT2D eigenvalue weighted by Crippen LogP contribution is -2.39. The summed E-state index contributed by atoms with van der Waals surface area (Å²) in [5.41, 5.74) is 1.28. The van der Waals surface area contributed by atoms with Gasteiger partial charge in [0.15, 0.2) is 0 Å². The van der Waals surface area contributed by atoms with Gasteiger partial charge in [-0.05, 0) is 46.0 Å². The van der Waals surface area contributed by atoms with Crippen molar-refractivity contribution in [1.82, 2.24) is 15.2 Å². The minimum absolute atomic E-state index is 0.326. The van der Waals surface area contributed by atoms with Crippen molar-refractivity contribution in [3.63, 3.8) is 0 Å². The smallest absolute Gasteiger partial charge is 0.133 e. The molecule has 0 spiro atoms. The van der Waals surface area contributed by atoms with Crippen molar-refractivity contribution in [2.75, 3.05) is 38.6 Å². The largest absolute Gasteiger partial charge is 0.358 e. The van der Waals surface area contributed by atoms with E-state index in [1.165, 1.54) is 24.9 Å². The molecule has 2 heterocycles. The van der Waals surface area contributed by atoms with Crippen molar-refractivity contribution in [3.8, 4) is 0 Å². The van der Waals surface area contributed by atoms with E-state index in [0.717, 1.165) is 18.9 Å². The Labute approximate surface area is 123 Å². The first kappa shape index (κ1) is 15.3. The van der Waals surface area contributed by atoms with Crippen LogP contribution in [0.3, 0.4) is 0 Å². The van der Waals surface area contributed by atoms with Gasteiger partial charge < -0.3 is 10.2 Å². The summed E-state index contributed by atoms with van der Waals surface area (Å²) in [6.45, 7) is 7.90. The minimum atomic E-state index is 0.326. The molecule has 2 atom stereocenters. The predicted octanol–water partition coefficient (Wildman–Crippen LogP) is 2.28. The Morgan fingerprint density at radius 3 is 3.05 bits per heavy atom. The fourth-order valence-electron chi connectivity index (χ4n) is 3.14. The van der Waals surface area contributed by atoms with Crippen molar-refractivity contribution < 1.29 is 0 Å². The number of likely N-dealkylation sites (tertiary alicyclic amines) is 1. The van der Waals surface area contributed by atoms with Gasteiger partial charge in [0.1, 0.15) is 5.82 Å². The number of likely N-dealkylation sites (N-methyl/N-ethyl adjacent to an activating group) is 2. The highest BCUT2D eigenvalue weighted by Crippen LogP contribution is 2.25. The quantitative estimate of drug-likeness (QED) is 0.864. The molecular formula is C16H28N4. The van der Waals surface area contributed by atoms with E-state index >= 15 is 0 Å². The summed E-state index contributed by atoms with van der Waals surface area (Å²) < 4.78 is 0. The minimum Gasteiger partial charge on any atom is -0.358 e. The summed E-state index contributed by atoms with van der Waals surface area (Å²) in [6.07, 6.45) is 4.53. The van der Waals surface area contributed by atoms with Gasteiger partial charge in [-0.25, -0.2) is 4.98 Å². The van der Waals surface area contributed by atoms with Crippen molar-refractivity contribution >= 4 is 5.82 Å². The van der Waals surface area contributed by atoms with Crippen LogP contribution in [0.25, 0.3) is 0 Å². The Hall–Kier alpha value is -1.13. The number of nitrogens with zero attached hydrogens (tertiary/aromatic N) is 3. The Bertz CT molecular complexity index is 421. The lowest BCUT2D eigenvalue weighted by molar-refractivity contribution is 0.270. The summed E-state index contributed by atoms with van der Waals surface area (Å²) in [6, 6.07) is 5.19. The number of anilines is 1. The zero-order valence-corrected chi connectivity index (χ0v) is 13.3. The molecule has 20 heavy (non-hydrogen) atoms. The Balaban J connectivity index is 2.11. The Kier molecular flexibility index (Phi) is 5.38. The zero-order valence-electron chi connectivity index (χ0n) is 13.3. The second kappa shape index (κ2) is 7.04. The number of hydrogen-bond acceptors (Lipinski definition) is 4. The van der Waals surface area contributed by atoms with Crippen LogP contribution >= 0.6 is 0 Å². The molecule has 0 saturated carbocycles. The number of hydrogen-bond donors (Lipinski definition) is 1. The van der Waals surface area contributed by atoms with Gasteiger partial charge >= 0.3 is 0 Å². The topological polar surface area (TPSA) is 31.4 Å². The average molecular weight is 276 g/mol. The van der Waals surface area contributed by atoms with Crippen LogP contribution < -0.4 is 10.2 Å². The van der Waals surface area contributed by atoms with Crippen LogP contribution in [0.2, 0.25) is 0 Å². The van der Waals surface area contributed by atoms with Crippen LogP contribution in [-0.4, -0.2) is 49.7 Å². The molecular weight excluding hydrogens is 248 g/mol. The lowest BCUT2D eigenvalue weighted by Gasteiger charge is -2.30. The lowest BCUT2D eigenvalue weighted by atomic mass is 10.1. The van der Waals surface area contributed by atoms with Gasteiger partial charge in [-0.1, -0.05) is 13.0 Å². The van der Waals surface area contributed by atoms with E-state index < -0.39 is 0 Å². The molecule has 1 aliphatic rings. The third-order valence-corrected chi connectivity index (χ3v) is 4.47. The van der Waals surface area contributed by atoms with Crippen LogP contribution in [0.15, 0.2) is 18.3 Å². The second-order valence-electron chi connectivity index (χ2n) is 5.73. The van der Waals surface area contributed by atoms with Gasteiger partial charge in [0, 0.05) is 37.4 Å². The Morgan fingerprint density at radius 2 is 2.35 bits per heavy atom. The first-order valence-electron chi connectivity index (χ1n) is 7.74. The molecule has 1 aromatic heterocycles. The molecule has 0 amide bonds. The van der Waals surface area contributed by atoms with Crippen LogP contribution in [0.1, 0.15) is 38.3 Å². The van der Waals surface area contributed by atoms with Gasteiger partial charge in [0.2, 0.25) is 0 Å². The molecule has 1 saturated heterocycles. The SMILES string of the molecule is CCN1CCCC1CN(C)c1ncccc1C(C)NC. The zero-order chi connectivity index (χ0) is 14.5. The number of pyridine rings is 1. The van der Waals surface area contributed by atoms with Gasteiger partial charge in [0.25, 0.3) is 0 Å². The van der Waals surface area contributed by atoms with Gasteiger partial charge in [0.05, 0.1) is 0 Å². The molecule has 4 heteroatoms. The van der Waals surface area contributed by atoms with Crippen molar-refractivity contribution in [2.24, 2.45) is 0 Å². The highest BCUT2D eigenvalue weighted by molar-refractivity contribution is 5.47. The molecule has 1 aliphatic heterocycles. The number of aromatic nitrogens is 1. The molecule has 1 N–H and O–H groups in total. The molecule has 0 aliphatic carbocycles. The summed E-state index contributed by atoms with van der Waals surface area (Å²) in [4.78, 5) is 9.51. The number of rotatable bonds is 6. The van der Waals surface area contributed by atoms with Gasteiger partial charge in [-0.3, -0.25) is 4.90 Å². The molecule has 1 aromatic rings. The predicted molar refractivity (Wildman–Crippen MR) is 85.3 cm³/mol. The highest BCUT2D eigenvalue weighted by Gasteiger charge is 2.25. The number of nitrogens with one attached hydrogen (secondary N) is 1. The monoisotopic (exact) mass is 276 g/mol. The maximum atomic E-state index is 4.61. The molecule has 0 bridgehead atoms. The van der Waals surface area contributed by atoms with Crippen LogP contribution in [0.5, 0.6) is 0 Å². The summed E-state index contributed by atoms with van der Waals surface area (Å²) in [5, 5.41) is 3.31. The van der Waals surface area contributed by atoms with Crippen molar-refractivity contribution in [1.29, 1.82) is 0 Å². The fourth-order valence-corrected chi connectivity index (χ4v) is 3.14. The van der Waals surface area contributed by atoms with E-state index in [4.69, 9.17) is 0 Å². The van der Waals surface area contributed by atoms with Gasteiger partial charge in [-0.15, -0.1) is 0 Å². The standard InChI is InChI=1S/C16H28N4/c1-5-20-11-7-8-14(20)12-19(4)16-15(13(2)17-3)9-6-10-18-16/h6,9-10,13-14,17H,5,7-8,11-12H2,1-4H3. The van der Waals surface area contributed by atoms with Crippen LogP contribution in [-0.2, 0) is 0 Å². The maximum Gasteiger partial charge on any atom is 0.133 e. The summed E-state index contributed by atoms with van der Waals surface area (Å²) in [5.74, 6) is 1.11. The second-order valence-corrected chi connectivity index (χ2v) is 5.73. The Morgan fingerprint density at radius 1 is 1.55 bits per heavy atom. The molecule has 2 rings (SSSR count). The highest BCUT2D eigenvalue weighted by atomic mass is 15.2. The molecule has 2 unspecified atom stereocenters. The molecule has 112 valence electrons. The molecule has 1 fully saturated rings. The van der Waals surface area contributed by atoms with E-state index in [1.807, 2.05) is 19.3 Å².